The molecular formula is C15H19NO4. The van der Waals surface area contributed by atoms with E-state index in [1.54, 1.807) is 18.2 Å². The summed E-state index contributed by atoms with van der Waals surface area (Å²) in [7, 11) is 0. The number of hydrogen-bond acceptors (Lipinski definition) is 3. The lowest BCUT2D eigenvalue weighted by molar-refractivity contribution is -0.137. The maximum atomic E-state index is 12.0. The Balaban J connectivity index is 1.85. The first kappa shape index (κ1) is 14.4. The molecule has 1 aliphatic rings. The van der Waals surface area contributed by atoms with E-state index in [-0.39, 0.29) is 12.3 Å². The van der Waals surface area contributed by atoms with Crippen molar-refractivity contribution in [1.29, 1.82) is 0 Å². The van der Waals surface area contributed by atoms with Crippen molar-refractivity contribution >= 4 is 11.9 Å². The molecule has 5 nitrogen and oxygen atoms in total. The molecule has 0 heterocycles. The fourth-order valence-corrected chi connectivity index (χ4v) is 1.81. The molecule has 1 fully saturated rings. The Morgan fingerprint density at radius 3 is 2.75 bits per heavy atom. The molecule has 108 valence electrons. The number of carboxylic acid groups (broad SMARTS) is 1. The fraction of sp³-hybridized carbons (Fsp3) is 0.467. The lowest BCUT2D eigenvalue weighted by Crippen LogP contribution is -2.25. The highest BCUT2D eigenvalue weighted by Gasteiger charge is 2.22. The summed E-state index contributed by atoms with van der Waals surface area (Å²) in [5, 5.41) is 11.3. The van der Waals surface area contributed by atoms with Crippen molar-refractivity contribution in [3.63, 3.8) is 0 Å². The Kier molecular flexibility index (Phi) is 4.98. The van der Waals surface area contributed by atoms with Gasteiger partial charge in [-0.25, -0.2) is 0 Å². The van der Waals surface area contributed by atoms with Crippen molar-refractivity contribution in [2.45, 2.75) is 25.7 Å². The van der Waals surface area contributed by atoms with Gasteiger partial charge in [-0.1, -0.05) is 12.1 Å². The number of carbonyl (C=O) groups excluding carboxylic acids is 1. The van der Waals surface area contributed by atoms with Crippen molar-refractivity contribution in [1.82, 2.24) is 5.32 Å². The minimum absolute atomic E-state index is 0.0557. The van der Waals surface area contributed by atoms with Crippen LogP contribution in [0.25, 0.3) is 0 Å². The van der Waals surface area contributed by atoms with Crippen LogP contribution in [0, 0.1) is 5.92 Å². The Morgan fingerprint density at radius 2 is 2.05 bits per heavy atom. The van der Waals surface area contributed by atoms with Crippen LogP contribution in [0.5, 0.6) is 5.75 Å². The van der Waals surface area contributed by atoms with Crippen LogP contribution in [0.2, 0.25) is 0 Å². The largest absolute Gasteiger partial charge is 0.492 e. The maximum absolute atomic E-state index is 12.0. The van der Waals surface area contributed by atoms with Crippen molar-refractivity contribution in [2.24, 2.45) is 5.92 Å². The summed E-state index contributed by atoms with van der Waals surface area (Å²) < 4.78 is 5.67. The minimum atomic E-state index is -0.854. The topological polar surface area (TPSA) is 75.6 Å². The van der Waals surface area contributed by atoms with Crippen molar-refractivity contribution < 1.29 is 19.4 Å². The first-order chi connectivity index (χ1) is 9.66. The molecule has 1 saturated carbocycles. The average Bonchev–Trinajstić information content (AvgIpc) is 3.25. The molecule has 20 heavy (non-hydrogen) atoms. The zero-order valence-corrected chi connectivity index (χ0v) is 11.3. The number of amides is 1. The zero-order valence-electron chi connectivity index (χ0n) is 11.3. The molecule has 0 aliphatic heterocycles. The average molecular weight is 277 g/mol. The summed E-state index contributed by atoms with van der Waals surface area (Å²) >= 11 is 0. The summed E-state index contributed by atoms with van der Waals surface area (Å²) in [5.41, 5.74) is 0.503. The fourth-order valence-electron chi connectivity index (χ4n) is 1.81. The molecule has 1 aliphatic carbocycles. The van der Waals surface area contributed by atoms with E-state index >= 15 is 0 Å². The van der Waals surface area contributed by atoms with Crippen LogP contribution in [0.4, 0.5) is 0 Å². The molecule has 5 heteroatoms. The zero-order chi connectivity index (χ0) is 14.4. The van der Waals surface area contributed by atoms with E-state index in [9.17, 15) is 9.59 Å². The van der Waals surface area contributed by atoms with Gasteiger partial charge in [0.1, 0.15) is 5.75 Å². The molecule has 2 N–H and O–H groups in total. The van der Waals surface area contributed by atoms with Crippen LogP contribution < -0.4 is 10.1 Å². The van der Waals surface area contributed by atoms with Crippen LogP contribution in [0.1, 0.15) is 36.0 Å². The number of benzene rings is 1. The van der Waals surface area contributed by atoms with Gasteiger partial charge in [-0.3, -0.25) is 9.59 Å². The second kappa shape index (κ2) is 6.93. The van der Waals surface area contributed by atoms with Gasteiger partial charge in [-0.05, 0) is 37.3 Å². The third kappa shape index (κ3) is 4.57. The van der Waals surface area contributed by atoms with Gasteiger partial charge in [-0.15, -0.1) is 0 Å². The van der Waals surface area contributed by atoms with Gasteiger partial charge < -0.3 is 15.2 Å². The van der Waals surface area contributed by atoms with Gasteiger partial charge in [0.05, 0.1) is 12.2 Å². The van der Waals surface area contributed by atoms with Gasteiger partial charge in [0, 0.05) is 13.0 Å². The Hall–Kier alpha value is -2.04. The van der Waals surface area contributed by atoms with Crippen molar-refractivity contribution in [3.05, 3.63) is 29.8 Å². The second-order valence-electron chi connectivity index (χ2n) is 5.00. The molecule has 0 atom stereocenters. The van der Waals surface area contributed by atoms with E-state index in [0.29, 0.717) is 36.8 Å². The van der Waals surface area contributed by atoms with E-state index in [0.717, 1.165) is 0 Å². The summed E-state index contributed by atoms with van der Waals surface area (Å²) in [6, 6.07) is 7.13. The molecule has 0 bridgehead atoms. The maximum Gasteiger partial charge on any atom is 0.303 e. The molecule has 0 saturated heterocycles. The highest BCUT2D eigenvalue weighted by Crippen LogP contribution is 2.30. The number of para-hydroxylation sites is 1. The SMILES string of the molecule is O=C(O)CCCNC(=O)c1ccccc1OCC1CC1. The van der Waals surface area contributed by atoms with E-state index in [2.05, 4.69) is 5.32 Å². The lowest BCUT2D eigenvalue weighted by atomic mass is 10.2. The minimum Gasteiger partial charge on any atom is -0.492 e. The molecular weight excluding hydrogens is 258 g/mol. The van der Waals surface area contributed by atoms with Gasteiger partial charge in [0.25, 0.3) is 5.91 Å². The number of rotatable bonds is 8. The van der Waals surface area contributed by atoms with Crippen LogP contribution in [-0.4, -0.2) is 30.1 Å². The number of ether oxygens (including phenoxy) is 1. The molecule has 2 rings (SSSR count). The van der Waals surface area contributed by atoms with Gasteiger partial charge in [0.2, 0.25) is 0 Å². The summed E-state index contributed by atoms with van der Waals surface area (Å²) in [6.45, 7) is 1.01. The van der Waals surface area contributed by atoms with Gasteiger partial charge in [-0.2, -0.15) is 0 Å². The van der Waals surface area contributed by atoms with Crippen LogP contribution in [0.3, 0.4) is 0 Å². The second-order valence-corrected chi connectivity index (χ2v) is 5.00. The molecule has 0 unspecified atom stereocenters. The number of hydrogen-bond donors (Lipinski definition) is 2. The summed E-state index contributed by atoms with van der Waals surface area (Å²) in [6.07, 6.45) is 2.87. The number of carboxylic acids is 1. The monoisotopic (exact) mass is 277 g/mol. The van der Waals surface area contributed by atoms with E-state index in [1.165, 1.54) is 12.8 Å². The van der Waals surface area contributed by atoms with E-state index < -0.39 is 5.97 Å². The Bertz CT molecular complexity index is 483. The first-order valence-corrected chi connectivity index (χ1v) is 6.88. The third-order valence-corrected chi connectivity index (χ3v) is 3.16. The quantitative estimate of drug-likeness (QED) is 0.713. The first-order valence-electron chi connectivity index (χ1n) is 6.88. The highest BCUT2D eigenvalue weighted by atomic mass is 16.5. The normalized spacial score (nSPS) is 13.8. The number of aliphatic carboxylic acids is 1. The molecule has 1 aromatic rings. The third-order valence-electron chi connectivity index (χ3n) is 3.16. The predicted octanol–water partition coefficient (Wildman–Crippen LogP) is 2.07. The van der Waals surface area contributed by atoms with Crippen LogP contribution >= 0.6 is 0 Å². The molecule has 0 radical (unpaired) electrons. The smallest absolute Gasteiger partial charge is 0.303 e. The van der Waals surface area contributed by atoms with E-state index in [1.807, 2.05) is 6.07 Å². The Labute approximate surface area is 117 Å². The number of nitrogens with one attached hydrogen (secondary N) is 1. The highest BCUT2D eigenvalue weighted by molar-refractivity contribution is 5.96. The van der Waals surface area contributed by atoms with Crippen LogP contribution in [-0.2, 0) is 4.79 Å². The summed E-state index contributed by atoms with van der Waals surface area (Å²) in [4.78, 5) is 22.4. The van der Waals surface area contributed by atoms with Crippen LogP contribution in [0.15, 0.2) is 24.3 Å². The van der Waals surface area contributed by atoms with E-state index in [4.69, 9.17) is 9.84 Å². The molecule has 0 spiro atoms. The predicted molar refractivity (Wildman–Crippen MR) is 73.9 cm³/mol. The number of carbonyl (C=O) groups is 2. The molecule has 1 aromatic carbocycles. The standard InChI is InChI=1S/C15H19NO4/c17-14(18)6-3-9-16-15(19)12-4-1-2-5-13(12)20-10-11-7-8-11/h1-2,4-5,11H,3,6-10H2,(H,16,19)(H,17,18). The van der Waals surface area contributed by atoms with Crippen molar-refractivity contribution in [3.8, 4) is 5.75 Å². The Morgan fingerprint density at radius 1 is 1.30 bits per heavy atom. The lowest BCUT2D eigenvalue weighted by Gasteiger charge is -2.11. The molecule has 1 amide bonds. The molecule has 0 aromatic heterocycles. The summed E-state index contributed by atoms with van der Waals surface area (Å²) in [5.74, 6) is 0.144. The van der Waals surface area contributed by atoms with Gasteiger partial charge >= 0.3 is 5.97 Å². The van der Waals surface area contributed by atoms with Crippen molar-refractivity contribution in [2.75, 3.05) is 13.2 Å². The van der Waals surface area contributed by atoms with Gasteiger partial charge in [0.15, 0.2) is 0 Å².